The maximum Gasteiger partial charge on any atom is 0.216 e. The number of aliphatic hydroxyl groups excluding tert-OH is 1. The second kappa shape index (κ2) is 7.95. The van der Waals surface area contributed by atoms with Gasteiger partial charge in [0.15, 0.2) is 0 Å². The molecular formula is C16H29N3O4S. The Kier molecular flexibility index (Phi) is 6.41. The number of hydrogen-bond donors (Lipinski definition) is 1. The lowest BCUT2D eigenvalue weighted by Gasteiger charge is -2.17. The molecule has 0 radical (unpaired) electrons. The number of sulfonamides is 1. The average molecular weight is 359 g/mol. The van der Waals surface area contributed by atoms with E-state index in [1.54, 1.807) is 6.20 Å². The lowest BCUT2D eigenvalue weighted by molar-refractivity contribution is 0.0907. The minimum absolute atomic E-state index is 0.0126. The molecule has 0 spiro atoms. The highest BCUT2D eigenvalue weighted by atomic mass is 32.2. The van der Waals surface area contributed by atoms with E-state index in [1.165, 1.54) is 4.31 Å². The van der Waals surface area contributed by atoms with Crippen molar-refractivity contribution in [2.75, 3.05) is 32.1 Å². The van der Waals surface area contributed by atoms with Gasteiger partial charge in [-0.15, -0.1) is 0 Å². The van der Waals surface area contributed by atoms with E-state index in [0.717, 1.165) is 5.56 Å². The molecule has 138 valence electrons. The van der Waals surface area contributed by atoms with Crippen LogP contribution in [0.25, 0.3) is 0 Å². The Morgan fingerprint density at radius 2 is 2.04 bits per heavy atom. The molecule has 2 heterocycles. The summed E-state index contributed by atoms with van der Waals surface area (Å²) in [5, 5.41) is 14.0. The van der Waals surface area contributed by atoms with Gasteiger partial charge in [-0.25, -0.2) is 12.7 Å². The minimum atomic E-state index is -3.38. The van der Waals surface area contributed by atoms with E-state index in [-0.39, 0.29) is 42.9 Å². The molecule has 0 aliphatic carbocycles. The second-order valence-electron chi connectivity index (χ2n) is 6.95. The highest BCUT2D eigenvalue weighted by molar-refractivity contribution is 7.89. The Morgan fingerprint density at radius 1 is 1.33 bits per heavy atom. The maximum absolute atomic E-state index is 12.5. The lowest BCUT2D eigenvalue weighted by Crippen LogP contribution is -2.33. The summed E-state index contributed by atoms with van der Waals surface area (Å²) in [5.41, 5.74) is 0.985. The van der Waals surface area contributed by atoms with E-state index < -0.39 is 10.0 Å². The van der Waals surface area contributed by atoms with Crippen LogP contribution in [0.4, 0.5) is 0 Å². The van der Waals surface area contributed by atoms with E-state index in [1.807, 2.05) is 38.6 Å². The number of nitrogens with zero attached hydrogens (tertiary/aromatic N) is 3. The van der Waals surface area contributed by atoms with Gasteiger partial charge < -0.3 is 9.84 Å². The van der Waals surface area contributed by atoms with Gasteiger partial charge in [-0.1, -0.05) is 0 Å². The maximum atomic E-state index is 12.5. The summed E-state index contributed by atoms with van der Waals surface area (Å²) in [6.07, 6.45) is 3.75. The van der Waals surface area contributed by atoms with E-state index in [0.29, 0.717) is 13.1 Å². The Balaban J connectivity index is 2.07. The minimum Gasteiger partial charge on any atom is -0.396 e. The molecule has 0 saturated carbocycles. The predicted molar refractivity (Wildman–Crippen MR) is 92.4 cm³/mol. The van der Waals surface area contributed by atoms with Crippen molar-refractivity contribution < 1.29 is 18.3 Å². The van der Waals surface area contributed by atoms with Crippen LogP contribution in [0, 0.1) is 5.92 Å². The molecule has 7 nitrogen and oxygen atoms in total. The molecule has 1 aromatic rings. The first kappa shape index (κ1) is 19.4. The summed E-state index contributed by atoms with van der Waals surface area (Å²) in [5.74, 6) is -0.153. The molecular weight excluding hydrogens is 330 g/mol. The first-order chi connectivity index (χ1) is 11.2. The highest BCUT2D eigenvalue weighted by Crippen LogP contribution is 2.34. The van der Waals surface area contributed by atoms with Crippen molar-refractivity contribution in [3.63, 3.8) is 0 Å². The number of rotatable bonds is 8. The van der Waals surface area contributed by atoms with Crippen molar-refractivity contribution in [1.29, 1.82) is 0 Å². The SMILES string of the molecule is CC(C)OCCS(=O)(=O)N1C[C@@H](CO)[C@H](c2cnn(C(C)C)c2)C1. The van der Waals surface area contributed by atoms with Crippen molar-refractivity contribution >= 4 is 10.0 Å². The predicted octanol–water partition coefficient (Wildman–Crippen LogP) is 1.23. The summed E-state index contributed by atoms with van der Waals surface area (Å²) in [6.45, 7) is 8.74. The van der Waals surface area contributed by atoms with Crippen LogP contribution < -0.4 is 0 Å². The second-order valence-corrected chi connectivity index (χ2v) is 9.04. The van der Waals surface area contributed by atoms with Crippen LogP contribution in [-0.4, -0.2) is 65.8 Å². The zero-order valence-electron chi connectivity index (χ0n) is 14.9. The van der Waals surface area contributed by atoms with Crippen LogP contribution in [0.1, 0.15) is 45.2 Å². The smallest absolute Gasteiger partial charge is 0.216 e. The molecule has 2 atom stereocenters. The standard InChI is InChI=1S/C16H29N3O4S/c1-12(2)19-9-14(7-17-19)16-10-18(8-15(16)11-20)24(21,22)6-5-23-13(3)4/h7,9,12-13,15-16,20H,5-6,8,10-11H2,1-4H3/t15-,16-/m0/s1. The van der Waals surface area contributed by atoms with Crippen molar-refractivity contribution in [2.45, 2.75) is 45.8 Å². The molecule has 24 heavy (non-hydrogen) atoms. The van der Waals surface area contributed by atoms with Crippen LogP contribution in [0.3, 0.4) is 0 Å². The fraction of sp³-hybridized carbons (Fsp3) is 0.812. The summed E-state index contributed by atoms with van der Waals surface area (Å²) in [6, 6.07) is 0.251. The number of hydrogen-bond acceptors (Lipinski definition) is 5. The molecule has 1 fully saturated rings. The number of ether oxygens (including phenoxy) is 1. The van der Waals surface area contributed by atoms with Gasteiger partial charge in [0.05, 0.1) is 24.7 Å². The summed E-state index contributed by atoms with van der Waals surface area (Å²) < 4.78 is 33.7. The van der Waals surface area contributed by atoms with Gasteiger partial charge in [-0.05, 0) is 33.3 Å². The van der Waals surface area contributed by atoms with Crippen molar-refractivity contribution in [3.8, 4) is 0 Å². The van der Waals surface area contributed by atoms with Gasteiger partial charge in [0.25, 0.3) is 0 Å². The molecule has 2 rings (SSSR count). The van der Waals surface area contributed by atoms with Crippen molar-refractivity contribution in [1.82, 2.24) is 14.1 Å². The third-order valence-corrected chi connectivity index (χ3v) is 6.17. The fourth-order valence-electron chi connectivity index (χ4n) is 2.97. The first-order valence-electron chi connectivity index (χ1n) is 8.49. The Labute approximate surface area is 144 Å². The molecule has 0 unspecified atom stereocenters. The molecule has 0 amide bonds. The Hall–Kier alpha value is -0.960. The van der Waals surface area contributed by atoms with Crippen molar-refractivity contribution in [3.05, 3.63) is 18.0 Å². The molecule has 1 N–H and O–H groups in total. The van der Waals surface area contributed by atoms with Crippen LogP contribution in [0.2, 0.25) is 0 Å². The van der Waals surface area contributed by atoms with E-state index >= 15 is 0 Å². The molecule has 1 aliphatic heterocycles. The van der Waals surface area contributed by atoms with E-state index in [9.17, 15) is 13.5 Å². The number of aliphatic hydroxyl groups is 1. The Bertz CT molecular complexity index is 627. The van der Waals surface area contributed by atoms with Gasteiger partial charge in [0.1, 0.15) is 0 Å². The normalized spacial score (nSPS) is 22.8. The lowest BCUT2D eigenvalue weighted by atomic mass is 9.92. The summed E-state index contributed by atoms with van der Waals surface area (Å²) in [4.78, 5) is 0. The molecule has 1 saturated heterocycles. The number of aromatic nitrogens is 2. The molecule has 1 aromatic heterocycles. The van der Waals surface area contributed by atoms with E-state index in [2.05, 4.69) is 5.10 Å². The fourth-order valence-corrected chi connectivity index (χ4v) is 4.34. The molecule has 0 bridgehead atoms. The van der Waals surface area contributed by atoms with Gasteiger partial charge in [0, 0.05) is 43.8 Å². The van der Waals surface area contributed by atoms with Gasteiger partial charge >= 0.3 is 0 Å². The van der Waals surface area contributed by atoms with Crippen LogP contribution in [0.5, 0.6) is 0 Å². The largest absolute Gasteiger partial charge is 0.396 e. The quantitative estimate of drug-likeness (QED) is 0.754. The van der Waals surface area contributed by atoms with Gasteiger partial charge in [-0.2, -0.15) is 5.10 Å². The third kappa shape index (κ3) is 4.56. The molecule has 0 aromatic carbocycles. The summed E-state index contributed by atoms with van der Waals surface area (Å²) in [7, 11) is -3.38. The van der Waals surface area contributed by atoms with Crippen molar-refractivity contribution in [2.24, 2.45) is 5.92 Å². The van der Waals surface area contributed by atoms with Crippen LogP contribution in [-0.2, 0) is 14.8 Å². The van der Waals surface area contributed by atoms with Crippen LogP contribution >= 0.6 is 0 Å². The van der Waals surface area contributed by atoms with Gasteiger partial charge in [-0.3, -0.25) is 4.68 Å². The first-order valence-corrected chi connectivity index (χ1v) is 10.1. The zero-order chi connectivity index (χ0) is 17.9. The molecule has 8 heteroatoms. The molecule has 1 aliphatic rings. The van der Waals surface area contributed by atoms with Crippen LogP contribution in [0.15, 0.2) is 12.4 Å². The van der Waals surface area contributed by atoms with Gasteiger partial charge in [0.2, 0.25) is 10.0 Å². The average Bonchev–Trinajstić information content (AvgIpc) is 3.13. The van der Waals surface area contributed by atoms with E-state index in [4.69, 9.17) is 4.74 Å². The third-order valence-electron chi connectivity index (χ3n) is 4.41. The summed E-state index contributed by atoms with van der Waals surface area (Å²) >= 11 is 0. The zero-order valence-corrected chi connectivity index (χ0v) is 15.7. The highest BCUT2D eigenvalue weighted by Gasteiger charge is 2.39. The monoisotopic (exact) mass is 359 g/mol. The Morgan fingerprint density at radius 3 is 2.58 bits per heavy atom. The topological polar surface area (TPSA) is 84.7 Å².